The lowest BCUT2D eigenvalue weighted by Crippen LogP contribution is -2.27. The molecule has 0 amide bonds. The molecular weight excluding hydrogens is 224 g/mol. The fraction of sp³-hybridized carbons (Fsp3) is 0.111. The van der Waals surface area contributed by atoms with Crippen LogP contribution in [0.5, 0.6) is 0 Å². The second kappa shape index (κ2) is 3.53. The fourth-order valence-electron chi connectivity index (χ4n) is 1.36. The highest BCUT2D eigenvalue weighted by atomic mass is 19.4. The Hall–Kier alpha value is -1.47. The molecule has 1 aromatic heterocycles. The van der Waals surface area contributed by atoms with Gasteiger partial charge in [-0.1, -0.05) is 6.07 Å². The molecule has 16 heavy (non-hydrogen) atoms. The van der Waals surface area contributed by atoms with Gasteiger partial charge in [-0.2, -0.15) is 13.2 Å². The number of hydrogen-bond donors (Lipinski definition) is 2. The molecule has 2 rings (SSSR count). The molecule has 0 fully saturated rings. The third-order valence-corrected chi connectivity index (χ3v) is 2.12. The zero-order valence-electron chi connectivity index (χ0n) is 7.82. The molecule has 0 spiro atoms. The van der Waals surface area contributed by atoms with E-state index in [1.807, 2.05) is 0 Å². The van der Waals surface area contributed by atoms with Gasteiger partial charge >= 0.3 is 13.3 Å². The summed E-state index contributed by atoms with van der Waals surface area (Å²) in [5.74, 6) is 0. The van der Waals surface area contributed by atoms with Crippen molar-refractivity contribution in [1.82, 2.24) is 0 Å². The Labute approximate surface area is 88.3 Å². The lowest BCUT2D eigenvalue weighted by molar-refractivity contribution is -0.137. The van der Waals surface area contributed by atoms with E-state index >= 15 is 0 Å². The summed E-state index contributed by atoms with van der Waals surface area (Å²) in [6, 6.07) is 4.22. The fourth-order valence-corrected chi connectivity index (χ4v) is 1.36. The van der Waals surface area contributed by atoms with Crippen molar-refractivity contribution in [3.63, 3.8) is 0 Å². The van der Waals surface area contributed by atoms with E-state index in [1.54, 1.807) is 0 Å². The minimum Gasteiger partial charge on any atom is -0.465 e. The third kappa shape index (κ3) is 1.91. The zero-order valence-corrected chi connectivity index (χ0v) is 7.82. The predicted octanol–water partition coefficient (Wildman–Crippen LogP) is 1.13. The second-order valence-corrected chi connectivity index (χ2v) is 3.27. The normalized spacial score (nSPS) is 12.1. The van der Waals surface area contributed by atoms with Crippen LogP contribution in [0, 0.1) is 0 Å². The highest BCUT2D eigenvalue weighted by molar-refractivity contribution is 6.57. The van der Waals surface area contributed by atoms with Crippen LogP contribution >= 0.6 is 0 Å². The summed E-state index contributed by atoms with van der Waals surface area (Å²) < 4.78 is 41.9. The smallest absolute Gasteiger partial charge is 0.465 e. The average Bonchev–Trinajstić information content (AvgIpc) is 2.58. The maximum absolute atomic E-state index is 12.3. The van der Waals surface area contributed by atoms with Crippen molar-refractivity contribution >= 4 is 23.7 Å². The highest BCUT2D eigenvalue weighted by Crippen LogP contribution is 2.31. The Morgan fingerprint density at radius 1 is 1.12 bits per heavy atom. The lowest BCUT2D eigenvalue weighted by atomic mass is 9.88. The molecule has 2 aromatic rings. The summed E-state index contributed by atoms with van der Waals surface area (Å²) in [4.78, 5) is 0. The quantitative estimate of drug-likeness (QED) is 0.722. The van der Waals surface area contributed by atoms with Crippen LogP contribution in [-0.2, 0) is 6.18 Å². The van der Waals surface area contributed by atoms with Crippen LogP contribution in [0.1, 0.15) is 5.56 Å². The van der Waals surface area contributed by atoms with Crippen molar-refractivity contribution < 1.29 is 27.6 Å². The van der Waals surface area contributed by atoms with Crippen LogP contribution in [-0.4, -0.2) is 17.2 Å². The highest BCUT2D eigenvalue weighted by Gasteiger charge is 2.31. The Bertz CT molecular complexity index is 518. The van der Waals surface area contributed by atoms with E-state index in [1.165, 1.54) is 12.1 Å². The van der Waals surface area contributed by atoms with Crippen LogP contribution < -0.4 is 5.66 Å². The molecule has 7 heteroatoms. The van der Waals surface area contributed by atoms with Gasteiger partial charge < -0.3 is 14.5 Å². The first-order valence-electron chi connectivity index (χ1n) is 4.35. The largest absolute Gasteiger partial charge is 0.526 e. The van der Waals surface area contributed by atoms with E-state index in [9.17, 15) is 13.2 Å². The molecular formula is C9H6BF3O3. The monoisotopic (exact) mass is 230 g/mol. The first kappa shape index (κ1) is 11.0. The van der Waals surface area contributed by atoms with E-state index < -0.39 is 18.9 Å². The molecule has 0 aliphatic carbocycles. The van der Waals surface area contributed by atoms with Crippen molar-refractivity contribution in [2.24, 2.45) is 0 Å². The number of alkyl halides is 3. The summed E-state index contributed by atoms with van der Waals surface area (Å²) in [7, 11) is -1.83. The van der Waals surface area contributed by atoms with E-state index in [0.717, 1.165) is 12.1 Å². The summed E-state index contributed by atoms with van der Waals surface area (Å²) in [5.41, 5.74) is -1.06. The van der Waals surface area contributed by atoms with Gasteiger partial charge in [-0.25, -0.2) is 0 Å². The first-order valence-corrected chi connectivity index (χ1v) is 4.35. The second-order valence-electron chi connectivity index (χ2n) is 3.27. The van der Waals surface area contributed by atoms with Gasteiger partial charge in [0, 0.05) is 5.39 Å². The van der Waals surface area contributed by atoms with Crippen molar-refractivity contribution in [3.05, 3.63) is 29.8 Å². The number of benzene rings is 1. The molecule has 0 atom stereocenters. The van der Waals surface area contributed by atoms with E-state index in [4.69, 9.17) is 14.5 Å². The molecule has 0 saturated heterocycles. The number of rotatable bonds is 1. The van der Waals surface area contributed by atoms with Gasteiger partial charge in [-0.05, 0) is 18.2 Å². The number of furan rings is 1. The van der Waals surface area contributed by atoms with Gasteiger partial charge in [-0.15, -0.1) is 0 Å². The molecule has 1 heterocycles. The third-order valence-electron chi connectivity index (χ3n) is 2.12. The van der Waals surface area contributed by atoms with Gasteiger partial charge in [0.15, 0.2) is 0 Å². The summed E-state index contributed by atoms with van der Waals surface area (Å²) in [6.07, 6.45) is -4.45. The molecule has 1 aromatic carbocycles. The van der Waals surface area contributed by atoms with Gasteiger partial charge in [0.25, 0.3) is 0 Å². The molecule has 2 N–H and O–H groups in total. The van der Waals surface area contributed by atoms with Gasteiger partial charge in [0.2, 0.25) is 0 Å². The summed E-state index contributed by atoms with van der Waals surface area (Å²) in [6.45, 7) is 0. The molecule has 0 unspecified atom stereocenters. The van der Waals surface area contributed by atoms with Crippen LogP contribution in [0.2, 0.25) is 0 Å². The van der Waals surface area contributed by atoms with E-state index in [2.05, 4.69) is 0 Å². The lowest BCUT2D eigenvalue weighted by Gasteiger charge is -2.04. The first-order chi connectivity index (χ1) is 7.38. The van der Waals surface area contributed by atoms with Crippen LogP contribution in [0.25, 0.3) is 11.0 Å². The van der Waals surface area contributed by atoms with Crippen LogP contribution in [0.3, 0.4) is 0 Å². The SMILES string of the molecule is OB(O)c1cc2ccc(C(F)(F)F)cc2o1. The maximum atomic E-state index is 12.3. The molecule has 0 aliphatic rings. The predicted molar refractivity (Wildman–Crippen MR) is 51.0 cm³/mol. The number of hydrogen-bond acceptors (Lipinski definition) is 3. The van der Waals surface area contributed by atoms with Crippen LogP contribution in [0.4, 0.5) is 13.2 Å². The maximum Gasteiger partial charge on any atom is 0.526 e. The van der Waals surface area contributed by atoms with Crippen LogP contribution in [0.15, 0.2) is 28.7 Å². The van der Waals surface area contributed by atoms with Gasteiger partial charge in [-0.3, -0.25) is 0 Å². The zero-order chi connectivity index (χ0) is 11.9. The molecule has 0 aliphatic heterocycles. The van der Waals surface area contributed by atoms with Crippen molar-refractivity contribution in [1.29, 1.82) is 0 Å². The minimum atomic E-state index is -4.45. The molecule has 0 saturated carbocycles. The van der Waals surface area contributed by atoms with Crippen molar-refractivity contribution in [2.45, 2.75) is 6.18 Å². The number of halogens is 3. The standard InChI is InChI=1S/C9H6BF3O3/c11-9(12,13)6-2-1-5-3-8(10(14)15)16-7(5)4-6/h1-4,14-15H. The van der Waals surface area contributed by atoms with E-state index in [-0.39, 0.29) is 11.2 Å². The average molecular weight is 230 g/mol. The molecule has 0 radical (unpaired) electrons. The Morgan fingerprint density at radius 2 is 1.81 bits per heavy atom. The molecule has 3 nitrogen and oxygen atoms in total. The number of fused-ring (bicyclic) bond motifs is 1. The molecule has 0 bridgehead atoms. The van der Waals surface area contributed by atoms with Gasteiger partial charge in [0.05, 0.1) is 5.56 Å². The Balaban J connectivity index is 2.54. The Morgan fingerprint density at radius 3 is 2.38 bits per heavy atom. The van der Waals surface area contributed by atoms with Crippen molar-refractivity contribution in [3.8, 4) is 0 Å². The van der Waals surface area contributed by atoms with Gasteiger partial charge in [0.1, 0.15) is 11.2 Å². The topological polar surface area (TPSA) is 53.6 Å². The Kier molecular flexibility index (Phi) is 2.44. The summed E-state index contributed by atoms with van der Waals surface area (Å²) >= 11 is 0. The van der Waals surface area contributed by atoms with E-state index in [0.29, 0.717) is 5.39 Å². The molecule has 84 valence electrons. The summed E-state index contributed by atoms with van der Waals surface area (Å²) in [5, 5.41) is 18.0. The minimum absolute atomic E-state index is 0.0297. The van der Waals surface area contributed by atoms with Crippen molar-refractivity contribution in [2.75, 3.05) is 0 Å².